The Labute approximate surface area is 186 Å². The number of carbonyl (C=O) groups excluding carboxylic acids is 1. The molecule has 1 aromatic heterocycles. The summed E-state index contributed by atoms with van der Waals surface area (Å²) in [7, 11) is -4.25. The highest BCUT2D eigenvalue weighted by Gasteiger charge is 2.28. The van der Waals surface area contributed by atoms with E-state index in [9.17, 15) is 17.6 Å². The molecule has 0 aliphatic carbocycles. The molecule has 2 aromatic carbocycles. The number of amides is 1. The van der Waals surface area contributed by atoms with Gasteiger partial charge in [-0.25, -0.2) is 17.8 Å². The summed E-state index contributed by atoms with van der Waals surface area (Å²) in [6, 6.07) is 13.0. The fraction of sp³-hybridized carbons (Fsp3) is 0.304. The molecule has 1 atom stereocenters. The van der Waals surface area contributed by atoms with E-state index in [1.54, 1.807) is 12.1 Å². The number of hydrogen-bond donors (Lipinski definition) is 2. The summed E-state index contributed by atoms with van der Waals surface area (Å²) >= 11 is 0. The summed E-state index contributed by atoms with van der Waals surface area (Å²) in [4.78, 5) is 17.1. The van der Waals surface area contributed by atoms with Gasteiger partial charge in [0.25, 0.3) is 0 Å². The Morgan fingerprint density at radius 1 is 1.09 bits per heavy atom. The van der Waals surface area contributed by atoms with Gasteiger partial charge >= 0.3 is 0 Å². The highest BCUT2D eigenvalue weighted by molar-refractivity contribution is 7.89. The highest BCUT2D eigenvalue weighted by Crippen LogP contribution is 2.16. The number of nitrogens with zero attached hydrogens (tertiary/aromatic N) is 2. The van der Waals surface area contributed by atoms with E-state index in [-0.39, 0.29) is 13.0 Å². The first-order chi connectivity index (χ1) is 15.4. The minimum atomic E-state index is -4.25. The fourth-order valence-corrected chi connectivity index (χ4v) is 5.08. The van der Waals surface area contributed by atoms with Crippen LogP contribution in [0.5, 0.6) is 0 Å². The zero-order valence-electron chi connectivity index (χ0n) is 17.5. The smallest absolute Gasteiger partial charge is 0.244 e. The van der Waals surface area contributed by atoms with Gasteiger partial charge in [0.15, 0.2) is 0 Å². The van der Waals surface area contributed by atoms with Crippen LogP contribution in [0.3, 0.4) is 0 Å². The van der Waals surface area contributed by atoms with E-state index in [2.05, 4.69) is 19.6 Å². The molecule has 0 fully saturated rings. The molecule has 0 bridgehead atoms. The topological polar surface area (TPSA) is 93.1 Å². The molecule has 0 spiro atoms. The summed E-state index contributed by atoms with van der Waals surface area (Å²) in [5, 5.41) is 2.78. The van der Waals surface area contributed by atoms with Crippen LogP contribution in [-0.2, 0) is 40.7 Å². The first-order valence-corrected chi connectivity index (χ1v) is 12.0. The summed E-state index contributed by atoms with van der Waals surface area (Å²) in [5.74, 6) is -0.371. The Morgan fingerprint density at radius 3 is 2.59 bits per heavy atom. The van der Waals surface area contributed by atoms with Crippen molar-refractivity contribution in [3.05, 3.63) is 83.7 Å². The largest absolute Gasteiger partial charge is 0.349 e. The SMILES string of the molecule is O=C(NCc1cn2c(n1)CCCC2)[C@H](Cc1ccccc1)NS(=O)(=O)c1ccccc1F. The second kappa shape index (κ2) is 9.62. The van der Waals surface area contributed by atoms with Crippen LogP contribution in [0, 0.1) is 5.82 Å². The van der Waals surface area contributed by atoms with Crippen LogP contribution in [0.2, 0.25) is 0 Å². The molecule has 9 heteroatoms. The average molecular weight is 457 g/mol. The zero-order chi connectivity index (χ0) is 22.6. The van der Waals surface area contributed by atoms with Gasteiger partial charge in [0, 0.05) is 19.2 Å². The second-order valence-corrected chi connectivity index (χ2v) is 9.49. The van der Waals surface area contributed by atoms with Gasteiger partial charge in [-0.1, -0.05) is 42.5 Å². The van der Waals surface area contributed by atoms with E-state index in [1.165, 1.54) is 18.2 Å². The maximum absolute atomic E-state index is 14.1. The van der Waals surface area contributed by atoms with Crippen molar-refractivity contribution < 1.29 is 17.6 Å². The predicted molar refractivity (Wildman–Crippen MR) is 118 cm³/mol. The van der Waals surface area contributed by atoms with Gasteiger partial charge < -0.3 is 9.88 Å². The molecule has 7 nitrogen and oxygen atoms in total. The van der Waals surface area contributed by atoms with E-state index in [4.69, 9.17) is 0 Å². The Morgan fingerprint density at radius 2 is 1.84 bits per heavy atom. The van der Waals surface area contributed by atoms with Crippen molar-refractivity contribution in [2.24, 2.45) is 0 Å². The lowest BCUT2D eigenvalue weighted by molar-refractivity contribution is -0.122. The number of fused-ring (bicyclic) bond motifs is 1. The molecule has 32 heavy (non-hydrogen) atoms. The molecule has 2 heterocycles. The molecule has 1 aliphatic heterocycles. The van der Waals surface area contributed by atoms with Gasteiger partial charge in [-0.05, 0) is 37.0 Å². The van der Waals surface area contributed by atoms with Crippen LogP contribution >= 0.6 is 0 Å². The van der Waals surface area contributed by atoms with E-state index < -0.39 is 32.7 Å². The van der Waals surface area contributed by atoms with Crippen molar-refractivity contribution in [3.63, 3.8) is 0 Å². The minimum absolute atomic E-state index is 0.125. The normalized spacial score (nSPS) is 14.5. The summed E-state index contributed by atoms with van der Waals surface area (Å²) in [6.45, 7) is 1.10. The maximum atomic E-state index is 14.1. The lowest BCUT2D eigenvalue weighted by Gasteiger charge is -2.19. The molecule has 0 unspecified atom stereocenters. The number of nitrogens with one attached hydrogen (secondary N) is 2. The van der Waals surface area contributed by atoms with Crippen molar-refractivity contribution in [1.82, 2.24) is 19.6 Å². The van der Waals surface area contributed by atoms with Crippen LogP contribution in [0.1, 0.15) is 29.9 Å². The van der Waals surface area contributed by atoms with Gasteiger partial charge in [0.1, 0.15) is 22.6 Å². The predicted octanol–water partition coefficient (Wildman–Crippen LogP) is 2.56. The Kier molecular flexibility index (Phi) is 6.66. The van der Waals surface area contributed by atoms with Crippen LogP contribution in [0.4, 0.5) is 4.39 Å². The quantitative estimate of drug-likeness (QED) is 0.545. The van der Waals surface area contributed by atoms with Gasteiger partial charge in [-0.3, -0.25) is 4.79 Å². The number of halogens is 1. The van der Waals surface area contributed by atoms with Crippen LogP contribution in [-0.4, -0.2) is 29.9 Å². The van der Waals surface area contributed by atoms with Gasteiger partial charge in [-0.15, -0.1) is 0 Å². The number of hydrogen-bond acceptors (Lipinski definition) is 4. The first-order valence-electron chi connectivity index (χ1n) is 10.6. The third kappa shape index (κ3) is 5.23. The van der Waals surface area contributed by atoms with Crippen molar-refractivity contribution >= 4 is 15.9 Å². The zero-order valence-corrected chi connectivity index (χ0v) is 18.3. The molecular formula is C23H25FN4O3S. The van der Waals surface area contributed by atoms with Crippen LogP contribution < -0.4 is 10.0 Å². The van der Waals surface area contributed by atoms with E-state index >= 15 is 0 Å². The van der Waals surface area contributed by atoms with Gasteiger partial charge in [-0.2, -0.15) is 4.72 Å². The van der Waals surface area contributed by atoms with E-state index in [1.807, 2.05) is 24.4 Å². The molecule has 0 saturated heterocycles. The Hall–Kier alpha value is -3.04. The van der Waals surface area contributed by atoms with Crippen molar-refractivity contribution in [2.45, 2.75) is 49.7 Å². The third-order valence-electron chi connectivity index (χ3n) is 5.42. The number of aromatic nitrogens is 2. The summed E-state index contributed by atoms with van der Waals surface area (Å²) < 4.78 is 44.2. The van der Waals surface area contributed by atoms with Crippen molar-refractivity contribution in [3.8, 4) is 0 Å². The van der Waals surface area contributed by atoms with Gasteiger partial charge in [0.05, 0.1) is 12.2 Å². The second-order valence-electron chi connectivity index (χ2n) is 7.81. The Balaban J connectivity index is 1.51. The lowest BCUT2D eigenvalue weighted by atomic mass is 10.1. The molecule has 1 amide bonds. The van der Waals surface area contributed by atoms with Crippen molar-refractivity contribution in [1.29, 1.82) is 0 Å². The first kappa shape index (κ1) is 22.2. The molecule has 3 aromatic rings. The molecule has 4 rings (SSSR count). The number of aryl methyl sites for hydroxylation is 2. The van der Waals surface area contributed by atoms with Gasteiger partial charge in [0.2, 0.25) is 15.9 Å². The summed E-state index contributed by atoms with van der Waals surface area (Å²) in [6.07, 6.45) is 5.16. The van der Waals surface area contributed by atoms with Crippen molar-refractivity contribution in [2.75, 3.05) is 0 Å². The van der Waals surface area contributed by atoms with E-state index in [0.717, 1.165) is 49.0 Å². The molecular weight excluding hydrogens is 431 g/mol. The number of sulfonamides is 1. The minimum Gasteiger partial charge on any atom is -0.349 e. The number of imidazole rings is 1. The molecule has 2 N–H and O–H groups in total. The number of rotatable bonds is 8. The molecule has 0 radical (unpaired) electrons. The number of carbonyl (C=O) groups is 1. The van der Waals surface area contributed by atoms with Crippen LogP contribution in [0.25, 0.3) is 0 Å². The lowest BCUT2D eigenvalue weighted by Crippen LogP contribution is -2.47. The average Bonchev–Trinajstić information content (AvgIpc) is 3.21. The summed E-state index contributed by atoms with van der Waals surface area (Å²) in [5.41, 5.74) is 1.51. The van der Waals surface area contributed by atoms with Crippen LogP contribution in [0.15, 0.2) is 65.7 Å². The standard InChI is InChI=1S/C23H25FN4O3S/c24-19-10-4-5-11-21(19)32(30,31)27-20(14-17-8-2-1-3-9-17)23(29)25-15-18-16-28-13-7-6-12-22(28)26-18/h1-5,8-11,16,20,27H,6-7,12-15H2,(H,25,29)/t20-/m0/s1. The Bertz CT molecular complexity index is 1170. The van der Waals surface area contributed by atoms with E-state index in [0.29, 0.717) is 0 Å². The highest BCUT2D eigenvalue weighted by atomic mass is 32.2. The number of benzene rings is 2. The molecule has 168 valence electrons. The monoisotopic (exact) mass is 456 g/mol. The third-order valence-corrected chi connectivity index (χ3v) is 6.93. The fourth-order valence-electron chi connectivity index (χ4n) is 3.81. The molecule has 1 aliphatic rings. The maximum Gasteiger partial charge on any atom is 0.244 e. The molecule has 0 saturated carbocycles.